The minimum Gasteiger partial charge on any atom is -0.497 e. The smallest absolute Gasteiger partial charge is 0.264 e. The zero-order valence-corrected chi connectivity index (χ0v) is 15.0. The van der Waals surface area contributed by atoms with Gasteiger partial charge in [-0.15, -0.1) is 0 Å². The number of ether oxygens (including phenoxy) is 3. The summed E-state index contributed by atoms with van der Waals surface area (Å²) in [5, 5.41) is 3.29. The van der Waals surface area contributed by atoms with Gasteiger partial charge in [0.25, 0.3) is 5.91 Å². The summed E-state index contributed by atoms with van der Waals surface area (Å²) in [6.45, 7) is 1.90. The highest BCUT2D eigenvalue weighted by atomic mass is 32.1. The Morgan fingerprint density at radius 3 is 2.48 bits per heavy atom. The topological polar surface area (TPSA) is 69.7 Å². The number of carbonyl (C=O) groups is 1. The minimum atomic E-state index is -0.272. The Balaban J connectivity index is 1.66. The summed E-state index contributed by atoms with van der Waals surface area (Å²) in [5.74, 6) is 1.74. The van der Waals surface area contributed by atoms with E-state index in [-0.39, 0.29) is 12.5 Å². The van der Waals surface area contributed by atoms with Gasteiger partial charge in [0.05, 0.1) is 18.9 Å². The largest absolute Gasteiger partial charge is 0.497 e. The number of hydrogen-bond acceptors (Lipinski definition) is 6. The lowest BCUT2D eigenvalue weighted by Gasteiger charge is -2.06. The first-order valence-corrected chi connectivity index (χ1v) is 8.43. The fraction of sp³-hybridized carbons (Fsp3) is 0.222. The lowest BCUT2D eigenvalue weighted by atomic mass is 10.2. The van der Waals surface area contributed by atoms with Crippen LogP contribution in [0.5, 0.6) is 17.2 Å². The second kappa shape index (κ2) is 7.40. The highest BCUT2D eigenvalue weighted by Crippen LogP contribution is 2.34. The normalized spacial score (nSPS) is 10.5. The number of thiazole rings is 1. The Labute approximate surface area is 149 Å². The van der Waals surface area contributed by atoms with Crippen LogP contribution in [0, 0.1) is 6.92 Å². The second-order valence-electron chi connectivity index (χ2n) is 5.29. The minimum absolute atomic E-state index is 0.0988. The van der Waals surface area contributed by atoms with Crippen LogP contribution in [0.25, 0.3) is 10.2 Å². The number of methoxy groups -OCH3 is 2. The van der Waals surface area contributed by atoms with Gasteiger partial charge < -0.3 is 14.2 Å². The zero-order valence-electron chi connectivity index (χ0n) is 14.2. The van der Waals surface area contributed by atoms with Crippen LogP contribution in [0.1, 0.15) is 5.56 Å². The predicted octanol–water partition coefficient (Wildman–Crippen LogP) is 3.64. The van der Waals surface area contributed by atoms with E-state index in [1.54, 1.807) is 38.5 Å². The molecule has 7 heteroatoms. The first kappa shape index (κ1) is 17.0. The molecule has 1 amide bonds. The number of carbonyl (C=O) groups excluding carboxylic acids is 1. The zero-order chi connectivity index (χ0) is 17.8. The summed E-state index contributed by atoms with van der Waals surface area (Å²) in [5.41, 5.74) is 1.84. The number of aryl methyl sites for hydroxylation is 1. The summed E-state index contributed by atoms with van der Waals surface area (Å²) in [4.78, 5) is 16.6. The summed E-state index contributed by atoms with van der Waals surface area (Å²) in [7, 11) is 3.20. The van der Waals surface area contributed by atoms with Crippen LogP contribution in [0.2, 0.25) is 0 Å². The van der Waals surface area contributed by atoms with Crippen LogP contribution in [0.15, 0.2) is 36.4 Å². The van der Waals surface area contributed by atoms with Crippen LogP contribution in [0.3, 0.4) is 0 Å². The number of nitrogens with zero attached hydrogens (tertiary/aromatic N) is 1. The van der Waals surface area contributed by atoms with E-state index in [0.717, 1.165) is 21.5 Å². The van der Waals surface area contributed by atoms with Crippen molar-refractivity contribution < 1.29 is 19.0 Å². The molecule has 0 aliphatic rings. The third kappa shape index (κ3) is 3.83. The number of hydrogen-bond donors (Lipinski definition) is 1. The highest BCUT2D eigenvalue weighted by Gasteiger charge is 2.13. The number of anilines is 1. The quantitative estimate of drug-likeness (QED) is 0.728. The maximum absolute atomic E-state index is 12.1. The molecule has 130 valence electrons. The molecular formula is C18H18N2O4S. The molecule has 25 heavy (non-hydrogen) atoms. The van der Waals surface area contributed by atoms with Crippen molar-refractivity contribution in [3.8, 4) is 17.2 Å². The summed E-state index contributed by atoms with van der Waals surface area (Å²) < 4.78 is 16.9. The second-order valence-corrected chi connectivity index (χ2v) is 6.29. The molecule has 0 bridgehead atoms. The Kier molecular flexibility index (Phi) is 5.04. The van der Waals surface area contributed by atoms with Crippen molar-refractivity contribution >= 4 is 32.6 Å². The molecule has 1 N–H and O–H groups in total. The molecule has 6 nitrogen and oxygen atoms in total. The van der Waals surface area contributed by atoms with Crippen molar-refractivity contribution in [3.05, 3.63) is 42.0 Å². The molecule has 0 radical (unpaired) electrons. The van der Waals surface area contributed by atoms with E-state index in [2.05, 4.69) is 10.3 Å². The number of benzene rings is 2. The molecule has 0 atom stereocenters. The van der Waals surface area contributed by atoms with Crippen LogP contribution in [-0.4, -0.2) is 31.7 Å². The Bertz CT molecular complexity index is 890. The standard InChI is InChI=1S/C18H18N2O4S/c1-11-4-9-14(23-3)16-17(11)25-18(20-16)19-15(21)10-24-13-7-5-12(22-2)6-8-13/h4-9H,10H2,1-3H3,(H,19,20,21). The van der Waals surface area contributed by atoms with E-state index in [1.165, 1.54) is 11.3 Å². The van der Waals surface area contributed by atoms with Gasteiger partial charge in [0.15, 0.2) is 11.7 Å². The molecule has 0 fully saturated rings. The van der Waals surface area contributed by atoms with Crippen molar-refractivity contribution in [3.63, 3.8) is 0 Å². The van der Waals surface area contributed by atoms with Gasteiger partial charge in [-0.1, -0.05) is 17.4 Å². The Morgan fingerprint density at radius 1 is 1.08 bits per heavy atom. The summed E-state index contributed by atoms with van der Waals surface area (Å²) >= 11 is 1.41. The van der Waals surface area contributed by atoms with Crippen molar-refractivity contribution in [2.75, 3.05) is 26.1 Å². The van der Waals surface area contributed by atoms with Gasteiger partial charge in [-0.3, -0.25) is 10.1 Å². The van der Waals surface area contributed by atoms with Crippen LogP contribution in [0.4, 0.5) is 5.13 Å². The van der Waals surface area contributed by atoms with Crippen molar-refractivity contribution in [2.24, 2.45) is 0 Å². The first-order chi connectivity index (χ1) is 12.1. The van der Waals surface area contributed by atoms with E-state index in [1.807, 2.05) is 19.1 Å². The molecule has 0 aliphatic carbocycles. The number of fused-ring (bicyclic) bond motifs is 1. The van der Waals surface area contributed by atoms with Crippen molar-refractivity contribution in [1.82, 2.24) is 4.98 Å². The molecule has 1 aromatic heterocycles. The van der Waals surface area contributed by atoms with E-state index < -0.39 is 0 Å². The maximum atomic E-state index is 12.1. The van der Waals surface area contributed by atoms with Crippen LogP contribution < -0.4 is 19.5 Å². The van der Waals surface area contributed by atoms with Gasteiger partial charge in [0.2, 0.25) is 0 Å². The van der Waals surface area contributed by atoms with Gasteiger partial charge in [0.1, 0.15) is 22.8 Å². The summed E-state index contributed by atoms with van der Waals surface area (Å²) in [6.07, 6.45) is 0. The lowest BCUT2D eigenvalue weighted by Crippen LogP contribution is -2.19. The monoisotopic (exact) mass is 358 g/mol. The Hall–Kier alpha value is -2.80. The fourth-order valence-corrected chi connectivity index (χ4v) is 3.27. The molecule has 0 aliphatic heterocycles. The molecule has 3 rings (SSSR count). The number of rotatable bonds is 6. The van der Waals surface area contributed by atoms with E-state index >= 15 is 0 Å². The highest BCUT2D eigenvalue weighted by molar-refractivity contribution is 7.22. The van der Waals surface area contributed by atoms with Crippen LogP contribution >= 0.6 is 11.3 Å². The predicted molar refractivity (Wildman–Crippen MR) is 98.0 cm³/mol. The molecule has 2 aromatic carbocycles. The molecule has 3 aromatic rings. The lowest BCUT2D eigenvalue weighted by molar-refractivity contribution is -0.118. The van der Waals surface area contributed by atoms with Gasteiger partial charge in [-0.2, -0.15) is 0 Å². The average molecular weight is 358 g/mol. The number of aromatic nitrogens is 1. The molecule has 0 saturated heterocycles. The number of amides is 1. The SMILES string of the molecule is COc1ccc(OCC(=O)Nc2nc3c(OC)ccc(C)c3s2)cc1. The van der Waals surface area contributed by atoms with E-state index in [9.17, 15) is 4.79 Å². The maximum Gasteiger partial charge on any atom is 0.264 e. The van der Waals surface area contributed by atoms with Crippen LogP contribution in [-0.2, 0) is 4.79 Å². The van der Waals surface area contributed by atoms with Gasteiger partial charge >= 0.3 is 0 Å². The van der Waals surface area contributed by atoms with E-state index in [4.69, 9.17) is 14.2 Å². The fourth-order valence-electron chi connectivity index (χ4n) is 2.30. The third-order valence-corrected chi connectivity index (χ3v) is 4.71. The molecule has 0 spiro atoms. The molecule has 1 heterocycles. The average Bonchev–Trinajstić information content (AvgIpc) is 3.05. The molecule has 0 unspecified atom stereocenters. The van der Waals surface area contributed by atoms with E-state index in [0.29, 0.717) is 16.6 Å². The van der Waals surface area contributed by atoms with Crippen molar-refractivity contribution in [1.29, 1.82) is 0 Å². The first-order valence-electron chi connectivity index (χ1n) is 7.61. The summed E-state index contributed by atoms with van der Waals surface area (Å²) in [6, 6.07) is 10.9. The van der Waals surface area contributed by atoms with Crippen molar-refractivity contribution in [2.45, 2.75) is 6.92 Å². The van der Waals surface area contributed by atoms with Gasteiger partial charge in [0, 0.05) is 0 Å². The molecule has 0 saturated carbocycles. The molecular weight excluding hydrogens is 340 g/mol. The van der Waals surface area contributed by atoms with Gasteiger partial charge in [-0.25, -0.2) is 4.98 Å². The van der Waals surface area contributed by atoms with Gasteiger partial charge in [-0.05, 0) is 42.8 Å². The third-order valence-electron chi connectivity index (χ3n) is 3.60. The Morgan fingerprint density at radius 2 is 1.80 bits per heavy atom. The number of nitrogens with one attached hydrogen (secondary N) is 1.